The van der Waals surface area contributed by atoms with Crippen LogP contribution in [0.3, 0.4) is 0 Å². The molecule has 2 rings (SSSR count). The van der Waals surface area contributed by atoms with Gasteiger partial charge in [-0.2, -0.15) is 0 Å². The quantitative estimate of drug-likeness (QED) is 0.733. The van der Waals surface area contributed by atoms with Gasteiger partial charge in [0.15, 0.2) is 5.78 Å². The van der Waals surface area contributed by atoms with E-state index in [9.17, 15) is 14.4 Å². The number of anilines is 1. The van der Waals surface area contributed by atoms with E-state index in [4.69, 9.17) is 11.6 Å². The summed E-state index contributed by atoms with van der Waals surface area (Å²) in [6.07, 6.45) is 0. The third-order valence-corrected chi connectivity index (χ3v) is 4.61. The summed E-state index contributed by atoms with van der Waals surface area (Å²) in [6.45, 7) is 5.18. The molecule has 6 nitrogen and oxygen atoms in total. The molecule has 0 radical (unpaired) electrons. The highest BCUT2D eigenvalue weighted by Gasteiger charge is 2.24. The number of carbonyl (C=O) groups excluding carboxylic acids is 3. The topological polar surface area (TPSA) is 78.5 Å². The van der Waals surface area contributed by atoms with Crippen LogP contribution in [0.15, 0.2) is 42.5 Å². The molecule has 0 aliphatic carbocycles. The van der Waals surface area contributed by atoms with Crippen molar-refractivity contribution >= 4 is 35.0 Å². The predicted molar refractivity (Wildman–Crippen MR) is 111 cm³/mol. The lowest BCUT2D eigenvalue weighted by Gasteiger charge is -2.27. The monoisotopic (exact) mass is 401 g/mol. The van der Waals surface area contributed by atoms with Crippen molar-refractivity contribution in [2.24, 2.45) is 0 Å². The number of rotatable bonds is 5. The molecule has 7 heteroatoms. The smallest absolute Gasteiger partial charge is 0.319 e. The third kappa shape index (κ3) is 5.10. The number of nitrogens with one attached hydrogen (secondary N) is 2. The molecule has 2 N–H and O–H groups in total. The minimum Gasteiger partial charge on any atom is -0.345 e. The number of nitrogens with zero attached hydrogens (tertiary/aromatic N) is 1. The van der Waals surface area contributed by atoms with Crippen LogP contribution in [0.5, 0.6) is 0 Å². The molecule has 3 amide bonds. The Kier molecular flexibility index (Phi) is 6.46. The molecule has 0 aliphatic rings. The summed E-state index contributed by atoms with van der Waals surface area (Å²) in [5, 5.41) is 5.91. The van der Waals surface area contributed by atoms with Gasteiger partial charge in [0.25, 0.3) is 5.91 Å². The van der Waals surface area contributed by atoms with Gasteiger partial charge in [0, 0.05) is 25.3 Å². The molecule has 0 atom stereocenters. The molecule has 2 aromatic rings. The van der Waals surface area contributed by atoms with Crippen LogP contribution in [0.4, 0.5) is 10.5 Å². The summed E-state index contributed by atoms with van der Waals surface area (Å²) in [4.78, 5) is 37.7. The molecule has 148 valence electrons. The van der Waals surface area contributed by atoms with Gasteiger partial charge in [0.2, 0.25) is 0 Å². The fourth-order valence-corrected chi connectivity index (χ4v) is 2.85. The van der Waals surface area contributed by atoms with Crippen LogP contribution in [0.1, 0.15) is 47.1 Å². The molecule has 28 heavy (non-hydrogen) atoms. The number of hydrogen-bond acceptors (Lipinski definition) is 3. The number of Topliss-reactive ketones (excluding diaryl/α,β-unsaturated/α-hetero) is 1. The van der Waals surface area contributed by atoms with Crippen LogP contribution < -0.4 is 10.6 Å². The lowest BCUT2D eigenvalue weighted by Crippen LogP contribution is -2.43. The SMILES string of the molecule is CC(=O)c1cccc(C(C)(C)NC(=O)Nc2ccc(Cl)c(C(=O)N(C)C)c2)c1. The Morgan fingerprint density at radius 2 is 1.71 bits per heavy atom. The van der Waals surface area contributed by atoms with Gasteiger partial charge in [-0.15, -0.1) is 0 Å². The van der Waals surface area contributed by atoms with Gasteiger partial charge in [-0.1, -0.05) is 29.8 Å². The molecule has 0 bridgehead atoms. The van der Waals surface area contributed by atoms with E-state index in [2.05, 4.69) is 10.6 Å². The first-order valence-corrected chi connectivity index (χ1v) is 9.11. The summed E-state index contributed by atoms with van der Waals surface area (Å²) >= 11 is 6.10. The number of benzene rings is 2. The van der Waals surface area contributed by atoms with E-state index < -0.39 is 11.6 Å². The Balaban J connectivity index is 2.17. The minimum atomic E-state index is -0.718. The lowest BCUT2D eigenvalue weighted by molar-refractivity contribution is 0.0827. The van der Waals surface area contributed by atoms with Gasteiger partial charge in [-0.25, -0.2) is 4.79 Å². The first-order valence-electron chi connectivity index (χ1n) is 8.73. The highest BCUT2D eigenvalue weighted by Crippen LogP contribution is 2.24. The maximum Gasteiger partial charge on any atom is 0.319 e. The molecule has 0 fully saturated rings. The second-order valence-electron chi connectivity index (χ2n) is 7.24. The number of urea groups is 1. The summed E-state index contributed by atoms with van der Waals surface area (Å²) in [5.41, 5.74) is 1.41. The summed E-state index contributed by atoms with van der Waals surface area (Å²) < 4.78 is 0. The molecule has 0 heterocycles. The maximum absolute atomic E-state index is 12.5. The van der Waals surface area contributed by atoms with Crippen LogP contribution in [0, 0.1) is 0 Å². The van der Waals surface area contributed by atoms with Crippen molar-refractivity contribution in [1.29, 1.82) is 0 Å². The molecule has 2 aromatic carbocycles. The number of halogens is 1. The van der Waals surface area contributed by atoms with Gasteiger partial charge in [0.05, 0.1) is 16.1 Å². The first kappa shape index (κ1) is 21.4. The normalized spacial score (nSPS) is 10.9. The van der Waals surface area contributed by atoms with Crippen LogP contribution >= 0.6 is 11.6 Å². The average Bonchev–Trinajstić information content (AvgIpc) is 2.62. The molecule has 0 saturated heterocycles. The largest absolute Gasteiger partial charge is 0.345 e. The first-order chi connectivity index (χ1) is 13.0. The predicted octanol–water partition coefficient (Wildman–Crippen LogP) is 4.30. The zero-order chi connectivity index (χ0) is 21.1. The Bertz CT molecular complexity index is 923. The maximum atomic E-state index is 12.5. The van der Waals surface area contributed by atoms with Crippen LogP contribution in [-0.4, -0.2) is 36.7 Å². The Morgan fingerprint density at radius 1 is 1.04 bits per heavy atom. The van der Waals surface area contributed by atoms with E-state index in [0.717, 1.165) is 5.56 Å². The standard InChI is InChI=1S/C21H24ClN3O3/c1-13(26)14-7-6-8-15(11-14)21(2,3)24-20(28)23-16-9-10-18(22)17(12-16)19(27)25(4)5/h6-12H,1-5H3,(H2,23,24,28). The third-order valence-electron chi connectivity index (χ3n) is 4.28. The molecule has 0 saturated carbocycles. The highest BCUT2D eigenvalue weighted by atomic mass is 35.5. The van der Waals surface area contributed by atoms with E-state index in [1.807, 2.05) is 19.9 Å². The van der Waals surface area contributed by atoms with Crippen molar-refractivity contribution < 1.29 is 14.4 Å². The van der Waals surface area contributed by atoms with E-state index in [1.54, 1.807) is 44.4 Å². The fraction of sp³-hybridized carbons (Fsp3) is 0.286. The van der Waals surface area contributed by atoms with E-state index in [0.29, 0.717) is 21.8 Å². The van der Waals surface area contributed by atoms with Crippen LogP contribution in [0.2, 0.25) is 5.02 Å². The molecular weight excluding hydrogens is 378 g/mol. The highest BCUT2D eigenvalue weighted by molar-refractivity contribution is 6.34. The van der Waals surface area contributed by atoms with Crippen molar-refractivity contribution in [3.63, 3.8) is 0 Å². The van der Waals surface area contributed by atoms with Crippen molar-refractivity contribution in [2.45, 2.75) is 26.3 Å². The number of ketones is 1. The van der Waals surface area contributed by atoms with E-state index in [1.165, 1.54) is 17.9 Å². The summed E-state index contributed by atoms with van der Waals surface area (Å²) in [7, 11) is 3.26. The van der Waals surface area contributed by atoms with E-state index >= 15 is 0 Å². The van der Waals surface area contributed by atoms with Crippen LogP contribution in [0.25, 0.3) is 0 Å². The molecule has 0 unspecified atom stereocenters. The summed E-state index contributed by atoms with van der Waals surface area (Å²) in [6, 6.07) is 11.4. The molecular formula is C21H24ClN3O3. The van der Waals surface area contributed by atoms with E-state index in [-0.39, 0.29) is 11.7 Å². The molecule has 0 aromatic heterocycles. The summed E-state index contributed by atoms with van der Waals surface area (Å²) in [5.74, 6) is -0.295. The van der Waals surface area contributed by atoms with Gasteiger partial charge < -0.3 is 15.5 Å². The number of carbonyl (C=O) groups is 3. The second-order valence-corrected chi connectivity index (χ2v) is 7.64. The average molecular weight is 402 g/mol. The molecule has 0 aliphatic heterocycles. The van der Waals surface area contributed by atoms with Crippen molar-refractivity contribution in [3.05, 3.63) is 64.2 Å². The van der Waals surface area contributed by atoms with Gasteiger partial charge >= 0.3 is 6.03 Å². The van der Waals surface area contributed by atoms with Crippen molar-refractivity contribution in [3.8, 4) is 0 Å². The Labute approximate surface area is 169 Å². The van der Waals surface area contributed by atoms with Crippen molar-refractivity contribution in [2.75, 3.05) is 19.4 Å². The lowest BCUT2D eigenvalue weighted by atomic mass is 9.92. The Hall–Kier alpha value is -2.86. The van der Waals surface area contributed by atoms with Gasteiger partial charge in [-0.05, 0) is 50.6 Å². The fourth-order valence-electron chi connectivity index (χ4n) is 2.65. The zero-order valence-corrected chi connectivity index (χ0v) is 17.3. The number of hydrogen-bond donors (Lipinski definition) is 2. The van der Waals surface area contributed by atoms with Gasteiger partial charge in [-0.3, -0.25) is 9.59 Å². The van der Waals surface area contributed by atoms with Crippen molar-refractivity contribution in [1.82, 2.24) is 10.2 Å². The second kappa shape index (κ2) is 8.44. The number of amides is 3. The molecule has 0 spiro atoms. The zero-order valence-electron chi connectivity index (χ0n) is 16.6. The minimum absolute atomic E-state index is 0.0404. The van der Waals surface area contributed by atoms with Crippen LogP contribution in [-0.2, 0) is 5.54 Å². The Morgan fingerprint density at radius 3 is 2.32 bits per heavy atom. The van der Waals surface area contributed by atoms with Gasteiger partial charge in [0.1, 0.15) is 0 Å².